The van der Waals surface area contributed by atoms with Crippen molar-refractivity contribution in [2.24, 2.45) is 0 Å². The highest BCUT2D eigenvalue weighted by atomic mass is 32.1. The lowest BCUT2D eigenvalue weighted by Crippen LogP contribution is -2.26. The molecular weight excluding hydrogens is 386 g/mol. The van der Waals surface area contributed by atoms with Gasteiger partial charge in [-0.3, -0.25) is 4.79 Å². The highest BCUT2D eigenvalue weighted by molar-refractivity contribution is 7.09. The Kier molecular flexibility index (Phi) is 5.35. The van der Waals surface area contributed by atoms with Crippen molar-refractivity contribution in [3.8, 4) is 22.6 Å². The fraction of sp³-hybridized carbons (Fsp3) is 0.143. The molecule has 0 atom stereocenters. The van der Waals surface area contributed by atoms with Crippen molar-refractivity contribution in [1.82, 2.24) is 25.1 Å². The Bertz CT molecular complexity index is 1110. The molecule has 0 spiro atoms. The summed E-state index contributed by atoms with van der Waals surface area (Å²) < 4.78 is 7.04. The summed E-state index contributed by atoms with van der Waals surface area (Å²) in [6.07, 6.45) is 1.50. The van der Waals surface area contributed by atoms with E-state index in [-0.39, 0.29) is 5.91 Å². The SMILES string of the molecule is COc1ccccc1-c1cc(C(=O)N(C)Cc2cccs2)cc(-n2cnnn2)c1. The van der Waals surface area contributed by atoms with E-state index in [1.807, 2.05) is 53.9 Å². The molecule has 29 heavy (non-hydrogen) atoms. The molecule has 0 aliphatic heterocycles. The quantitative estimate of drug-likeness (QED) is 0.489. The molecule has 0 saturated heterocycles. The zero-order valence-electron chi connectivity index (χ0n) is 16.0. The van der Waals surface area contributed by atoms with Crippen molar-refractivity contribution in [2.75, 3.05) is 14.2 Å². The molecule has 4 aromatic rings. The largest absolute Gasteiger partial charge is 0.496 e. The van der Waals surface area contributed by atoms with Crippen LogP contribution in [0, 0.1) is 0 Å². The van der Waals surface area contributed by atoms with Crippen LogP contribution in [0.3, 0.4) is 0 Å². The van der Waals surface area contributed by atoms with Gasteiger partial charge in [-0.25, -0.2) is 4.68 Å². The molecule has 0 unspecified atom stereocenters. The topological polar surface area (TPSA) is 73.1 Å². The molecule has 0 aliphatic carbocycles. The standard InChI is InChI=1S/C21H19N5O2S/c1-25(13-18-6-5-9-29-18)21(27)16-10-15(19-7-3-4-8-20(19)28-2)11-17(12-16)26-14-22-23-24-26/h3-12,14H,13H2,1-2H3. The zero-order chi connectivity index (χ0) is 20.2. The Morgan fingerprint density at radius 1 is 1.17 bits per heavy atom. The average Bonchev–Trinajstić information content (AvgIpc) is 3.47. The van der Waals surface area contributed by atoms with Gasteiger partial charge in [-0.05, 0) is 51.7 Å². The van der Waals surface area contributed by atoms with Crippen LogP contribution in [0.25, 0.3) is 16.8 Å². The van der Waals surface area contributed by atoms with Gasteiger partial charge in [0.15, 0.2) is 0 Å². The number of aromatic nitrogens is 4. The molecule has 1 amide bonds. The predicted molar refractivity (Wildman–Crippen MR) is 111 cm³/mol. The molecule has 0 bridgehead atoms. The van der Waals surface area contributed by atoms with Crippen molar-refractivity contribution in [2.45, 2.75) is 6.54 Å². The summed E-state index contributed by atoms with van der Waals surface area (Å²) in [6.45, 7) is 0.551. The predicted octanol–water partition coefficient (Wildman–Crippen LogP) is 3.67. The third-order valence-corrected chi connectivity index (χ3v) is 5.38. The van der Waals surface area contributed by atoms with Gasteiger partial charge in [-0.2, -0.15) is 0 Å². The molecule has 8 heteroatoms. The number of nitrogens with zero attached hydrogens (tertiary/aromatic N) is 5. The number of benzene rings is 2. The maximum Gasteiger partial charge on any atom is 0.254 e. The van der Waals surface area contributed by atoms with E-state index in [2.05, 4.69) is 15.5 Å². The lowest BCUT2D eigenvalue weighted by atomic mass is 10.0. The molecule has 0 saturated carbocycles. The van der Waals surface area contributed by atoms with Crippen LogP contribution < -0.4 is 4.74 Å². The van der Waals surface area contributed by atoms with E-state index < -0.39 is 0 Å². The van der Waals surface area contributed by atoms with Crippen molar-refractivity contribution in [3.05, 3.63) is 76.7 Å². The lowest BCUT2D eigenvalue weighted by molar-refractivity contribution is 0.0786. The summed E-state index contributed by atoms with van der Waals surface area (Å²) in [5.41, 5.74) is 2.99. The third-order valence-electron chi connectivity index (χ3n) is 4.52. The second-order valence-corrected chi connectivity index (χ2v) is 7.50. The van der Waals surface area contributed by atoms with Gasteiger partial charge in [-0.15, -0.1) is 16.4 Å². The molecule has 2 aromatic heterocycles. The highest BCUT2D eigenvalue weighted by Gasteiger charge is 2.17. The van der Waals surface area contributed by atoms with Gasteiger partial charge < -0.3 is 9.64 Å². The number of amides is 1. The van der Waals surface area contributed by atoms with E-state index in [1.165, 1.54) is 11.0 Å². The van der Waals surface area contributed by atoms with Gasteiger partial charge in [0.25, 0.3) is 5.91 Å². The first-order valence-corrected chi connectivity index (χ1v) is 9.83. The van der Waals surface area contributed by atoms with E-state index in [9.17, 15) is 4.79 Å². The number of hydrogen-bond donors (Lipinski definition) is 0. The summed E-state index contributed by atoms with van der Waals surface area (Å²) >= 11 is 1.63. The van der Waals surface area contributed by atoms with Gasteiger partial charge in [0.2, 0.25) is 0 Å². The third kappa shape index (κ3) is 4.02. The summed E-state index contributed by atoms with van der Waals surface area (Å²) in [6, 6.07) is 17.3. The Labute approximate surface area is 172 Å². The first kappa shape index (κ1) is 18.8. The number of tetrazole rings is 1. The number of thiophene rings is 1. The second-order valence-electron chi connectivity index (χ2n) is 6.46. The van der Waals surface area contributed by atoms with E-state index >= 15 is 0 Å². The van der Waals surface area contributed by atoms with Gasteiger partial charge in [0, 0.05) is 23.1 Å². The van der Waals surface area contributed by atoms with Crippen molar-refractivity contribution >= 4 is 17.2 Å². The average molecular weight is 405 g/mol. The van der Waals surface area contributed by atoms with Crippen LogP contribution in [-0.2, 0) is 6.54 Å². The van der Waals surface area contributed by atoms with Gasteiger partial charge in [0.05, 0.1) is 19.3 Å². The van der Waals surface area contributed by atoms with Crippen molar-refractivity contribution < 1.29 is 9.53 Å². The number of methoxy groups -OCH3 is 1. The molecule has 146 valence electrons. The van der Waals surface area contributed by atoms with Crippen LogP contribution in [0.2, 0.25) is 0 Å². The summed E-state index contributed by atoms with van der Waals surface area (Å²) in [5.74, 6) is 0.649. The molecule has 4 rings (SSSR count). The van der Waals surface area contributed by atoms with Crippen LogP contribution in [0.1, 0.15) is 15.2 Å². The minimum atomic E-state index is -0.0792. The highest BCUT2D eigenvalue weighted by Crippen LogP contribution is 2.32. The Hall–Kier alpha value is -3.52. The molecule has 0 fully saturated rings. The molecule has 0 aliphatic rings. The maximum absolute atomic E-state index is 13.2. The number of ether oxygens (including phenoxy) is 1. The minimum absolute atomic E-state index is 0.0792. The van der Waals surface area contributed by atoms with Gasteiger partial charge in [-0.1, -0.05) is 24.3 Å². The van der Waals surface area contributed by atoms with Gasteiger partial charge >= 0.3 is 0 Å². The van der Waals surface area contributed by atoms with Crippen molar-refractivity contribution in [1.29, 1.82) is 0 Å². The molecular formula is C21H19N5O2S. The smallest absolute Gasteiger partial charge is 0.254 e. The lowest BCUT2D eigenvalue weighted by Gasteiger charge is -2.18. The molecule has 2 aromatic carbocycles. The van der Waals surface area contributed by atoms with Gasteiger partial charge in [0.1, 0.15) is 12.1 Å². The summed E-state index contributed by atoms with van der Waals surface area (Å²) in [5, 5.41) is 13.4. The van der Waals surface area contributed by atoms with E-state index in [4.69, 9.17) is 4.74 Å². The maximum atomic E-state index is 13.2. The Balaban J connectivity index is 1.77. The fourth-order valence-electron chi connectivity index (χ4n) is 3.11. The Morgan fingerprint density at radius 3 is 2.76 bits per heavy atom. The first-order chi connectivity index (χ1) is 14.2. The van der Waals surface area contributed by atoms with Crippen LogP contribution >= 0.6 is 11.3 Å². The second kappa shape index (κ2) is 8.24. The first-order valence-electron chi connectivity index (χ1n) is 8.95. The van der Waals surface area contributed by atoms with E-state index in [0.29, 0.717) is 17.8 Å². The number of hydrogen-bond acceptors (Lipinski definition) is 6. The van der Waals surface area contributed by atoms with Crippen LogP contribution in [0.15, 0.2) is 66.3 Å². The van der Waals surface area contributed by atoms with Crippen molar-refractivity contribution in [3.63, 3.8) is 0 Å². The Morgan fingerprint density at radius 2 is 2.03 bits per heavy atom. The normalized spacial score (nSPS) is 10.7. The number of carbonyl (C=O) groups excluding carboxylic acids is 1. The van der Waals surface area contributed by atoms with Crippen LogP contribution in [0.4, 0.5) is 0 Å². The summed E-state index contributed by atoms with van der Waals surface area (Å²) in [7, 11) is 3.43. The monoisotopic (exact) mass is 405 g/mol. The zero-order valence-corrected chi connectivity index (χ0v) is 16.8. The number of carbonyl (C=O) groups is 1. The van der Waals surface area contributed by atoms with E-state index in [0.717, 1.165) is 21.8 Å². The molecule has 7 nitrogen and oxygen atoms in total. The van der Waals surface area contributed by atoms with Crippen LogP contribution in [-0.4, -0.2) is 45.2 Å². The molecule has 2 heterocycles. The molecule has 0 N–H and O–H groups in total. The molecule has 0 radical (unpaired) electrons. The van der Waals surface area contributed by atoms with E-state index in [1.54, 1.807) is 36.5 Å². The number of rotatable bonds is 6. The fourth-order valence-corrected chi connectivity index (χ4v) is 3.87. The van der Waals surface area contributed by atoms with Crippen LogP contribution in [0.5, 0.6) is 5.75 Å². The number of para-hydroxylation sites is 1. The summed E-state index contributed by atoms with van der Waals surface area (Å²) in [4.78, 5) is 16.0. The minimum Gasteiger partial charge on any atom is -0.496 e.